The van der Waals surface area contributed by atoms with Crippen molar-refractivity contribution in [2.45, 2.75) is 6.61 Å². The molecule has 70 valence electrons. The van der Waals surface area contributed by atoms with Crippen LogP contribution in [0.25, 0.3) is 10.9 Å². The van der Waals surface area contributed by atoms with Crippen LogP contribution in [0.5, 0.6) is 0 Å². The van der Waals surface area contributed by atoms with Crippen LogP contribution in [0.1, 0.15) is 16.1 Å². The minimum Gasteiger partial charge on any atom is -0.392 e. The van der Waals surface area contributed by atoms with Crippen molar-refractivity contribution in [3.8, 4) is 0 Å². The zero-order valence-electron chi connectivity index (χ0n) is 7.47. The van der Waals surface area contributed by atoms with Gasteiger partial charge in [0, 0.05) is 5.39 Å². The van der Waals surface area contributed by atoms with E-state index in [0.717, 1.165) is 16.5 Å². The van der Waals surface area contributed by atoms with Gasteiger partial charge in [0.15, 0.2) is 6.29 Å². The minimum atomic E-state index is -0.0795. The molecular weight excluding hydrogens is 178 g/mol. The third-order valence-corrected chi connectivity index (χ3v) is 2.11. The normalized spacial score (nSPS) is 10.4. The van der Waals surface area contributed by atoms with E-state index >= 15 is 0 Å². The molecule has 14 heavy (non-hydrogen) atoms. The van der Waals surface area contributed by atoms with Crippen molar-refractivity contribution in [1.82, 2.24) is 4.98 Å². The maximum Gasteiger partial charge on any atom is 0.168 e. The smallest absolute Gasteiger partial charge is 0.168 e. The highest BCUT2D eigenvalue weighted by Gasteiger charge is 2.03. The number of pyridine rings is 1. The molecule has 0 atom stereocenters. The van der Waals surface area contributed by atoms with Crippen LogP contribution in [0.15, 0.2) is 30.3 Å². The molecular formula is C11H9NO2. The Morgan fingerprint density at radius 1 is 1.36 bits per heavy atom. The van der Waals surface area contributed by atoms with E-state index in [4.69, 9.17) is 5.11 Å². The van der Waals surface area contributed by atoms with Crippen molar-refractivity contribution in [3.63, 3.8) is 0 Å². The lowest BCUT2D eigenvalue weighted by atomic mass is 10.1. The number of fused-ring (bicyclic) bond motifs is 1. The molecule has 1 heterocycles. The highest BCUT2D eigenvalue weighted by molar-refractivity contribution is 5.86. The number of hydrogen-bond acceptors (Lipinski definition) is 3. The highest BCUT2D eigenvalue weighted by atomic mass is 16.3. The van der Waals surface area contributed by atoms with E-state index in [1.807, 2.05) is 24.3 Å². The molecule has 0 fully saturated rings. The summed E-state index contributed by atoms with van der Waals surface area (Å²) < 4.78 is 0. The predicted molar refractivity (Wildman–Crippen MR) is 53.1 cm³/mol. The first-order valence-corrected chi connectivity index (χ1v) is 4.30. The van der Waals surface area contributed by atoms with Crippen LogP contribution >= 0.6 is 0 Å². The number of aromatic nitrogens is 1. The van der Waals surface area contributed by atoms with Gasteiger partial charge in [0.05, 0.1) is 12.1 Å². The number of nitrogens with zero attached hydrogens (tertiary/aromatic N) is 1. The number of para-hydroxylation sites is 1. The van der Waals surface area contributed by atoms with E-state index in [1.54, 1.807) is 6.07 Å². The van der Waals surface area contributed by atoms with Gasteiger partial charge < -0.3 is 5.11 Å². The number of aliphatic hydroxyl groups is 1. The van der Waals surface area contributed by atoms with Crippen molar-refractivity contribution in [2.75, 3.05) is 0 Å². The Bertz CT molecular complexity index is 480. The van der Waals surface area contributed by atoms with Crippen molar-refractivity contribution in [1.29, 1.82) is 0 Å². The second-order valence-corrected chi connectivity index (χ2v) is 3.00. The average Bonchev–Trinajstić information content (AvgIpc) is 2.27. The summed E-state index contributed by atoms with van der Waals surface area (Å²) in [5.74, 6) is 0. The Balaban J connectivity index is 2.79. The molecule has 0 aliphatic rings. The Kier molecular flexibility index (Phi) is 2.24. The van der Waals surface area contributed by atoms with Gasteiger partial charge in [0.2, 0.25) is 0 Å². The molecule has 1 aromatic heterocycles. The second-order valence-electron chi connectivity index (χ2n) is 3.00. The lowest BCUT2D eigenvalue weighted by Crippen LogP contribution is -1.93. The molecule has 0 radical (unpaired) electrons. The van der Waals surface area contributed by atoms with Gasteiger partial charge in [-0.2, -0.15) is 0 Å². The van der Waals surface area contributed by atoms with Gasteiger partial charge in [0.1, 0.15) is 5.69 Å². The molecule has 3 heteroatoms. The zero-order valence-corrected chi connectivity index (χ0v) is 7.47. The number of aliphatic hydroxyl groups excluding tert-OH is 1. The van der Waals surface area contributed by atoms with Gasteiger partial charge in [-0.15, -0.1) is 0 Å². The van der Waals surface area contributed by atoms with Crippen LogP contribution in [-0.2, 0) is 6.61 Å². The molecule has 0 amide bonds. The fourth-order valence-electron chi connectivity index (χ4n) is 1.46. The molecule has 2 aromatic rings. The molecule has 0 bridgehead atoms. The first-order chi connectivity index (χ1) is 6.85. The third kappa shape index (κ3) is 1.38. The molecule has 0 saturated carbocycles. The molecule has 0 unspecified atom stereocenters. The van der Waals surface area contributed by atoms with Crippen LogP contribution in [0.4, 0.5) is 0 Å². The minimum absolute atomic E-state index is 0.0795. The van der Waals surface area contributed by atoms with Gasteiger partial charge in [-0.25, -0.2) is 4.98 Å². The standard InChI is InChI=1S/C11H9NO2/c13-6-8-5-9(7-14)12-11-4-2-1-3-10(8)11/h1-5,7,13H,6H2. The Morgan fingerprint density at radius 3 is 2.86 bits per heavy atom. The molecule has 0 saturated heterocycles. The van der Waals surface area contributed by atoms with Crippen LogP contribution in [0.3, 0.4) is 0 Å². The van der Waals surface area contributed by atoms with E-state index in [-0.39, 0.29) is 6.61 Å². The summed E-state index contributed by atoms with van der Waals surface area (Å²) in [5, 5.41) is 10.0. The van der Waals surface area contributed by atoms with Gasteiger partial charge in [0.25, 0.3) is 0 Å². The Hall–Kier alpha value is -1.74. The highest BCUT2D eigenvalue weighted by Crippen LogP contribution is 2.17. The fraction of sp³-hybridized carbons (Fsp3) is 0.0909. The zero-order chi connectivity index (χ0) is 9.97. The van der Waals surface area contributed by atoms with E-state index in [9.17, 15) is 4.79 Å². The number of carbonyl (C=O) groups excluding carboxylic acids is 1. The van der Waals surface area contributed by atoms with Gasteiger partial charge in [-0.3, -0.25) is 4.79 Å². The maximum absolute atomic E-state index is 10.6. The lowest BCUT2D eigenvalue weighted by molar-refractivity contribution is 0.111. The quantitative estimate of drug-likeness (QED) is 0.725. The van der Waals surface area contributed by atoms with Crippen molar-refractivity contribution < 1.29 is 9.90 Å². The van der Waals surface area contributed by atoms with Crippen LogP contribution in [0, 0.1) is 0 Å². The van der Waals surface area contributed by atoms with Crippen LogP contribution < -0.4 is 0 Å². The van der Waals surface area contributed by atoms with E-state index < -0.39 is 0 Å². The fourth-order valence-corrected chi connectivity index (χ4v) is 1.46. The van der Waals surface area contributed by atoms with Crippen LogP contribution in [0.2, 0.25) is 0 Å². The predicted octanol–water partition coefficient (Wildman–Crippen LogP) is 1.54. The summed E-state index contributed by atoms with van der Waals surface area (Å²) >= 11 is 0. The molecule has 2 rings (SSSR count). The number of hydrogen-bond donors (Lipinski definition) is 1. The Labute approximate surface area is 81.0 Å². The second kappa shape index (κ2) is 3.55. The van der Waals surface area contributed by atoms with E-state index in [2.05, 4.69) is 4.98 Å². The summed E-state index contributed by atoms with van der Waals surface area (Å²) in [7, 11) is 0. The maximum atomic E-state index is 10.6. The number of aldehydes is 1. The summed E-state index contributed by atoms with van der Waals surface area (Å²) in [6.07, 6.45) is 0.686. The first kappa shape index (κ1) is 8.84. The lowest BCUT2D eigenvalue weighted by Gasteiger charge is -2.03. The van der Waals surface area contributed by atoms with Gasteiger partial charge in [-0.1, -0.05) is 18.2 Å². The van der Waals surface area contributed by atoms with Gasteiger partial charge >= 0.3 is 0 Å². The Morgan fingerprint density at radius 2 is 2.14 bits per heavy atom. The van der Waals surface area contributed by atoms with Crippen molar-refractivity contribution in [3.05, 3.63) is 41.6 Å². The summed E-state index contributed by atoms with van der Waals surface area (Å²) in [6.45, 7) is -0.0795. The van der Waals surface area contributed by atoms with Crippen molar-refractivity contribution >= 4 is 17.2 Å². The number of carbonyl (C=O) groups is 1. The molecule has 0 aliphatic carbocycles. The van der Waals surface area contributed by atoms with Crippen molar-refractivity contribution in [2.24, 2.45) is 0 Å². The molecule has 3 nitrogen and oxygen atoms in total. The van der Waals surface area contributed by atoms with Crippen LogP contribution in [-0.4, -0.2) is 16.4 Å². The summed E-state index contributed by atoms with van der Waals surface area (Å²) in [4.78, 5) is 14.7. The van der Waals surface area contributed by atoms with E-state index in [0.29, 0.717) is 12.0 Å². The largest absolute Gasteiger partial charge is 0.392 e. The number of rotatable bonds is 2. The summed E-state index contributed by atoms with van der Waals surface area (Å²) in [6, 6.07) is 9.04. The SMILES string of the molecule is O=Cc1cc(CO)c2ccccc2n1. The topological polar surface area (TPSA) is 50.2 Å². The van der Waals surface area contributed by atoms with E-state index in [1.165, 1.54) is 0 Å². The molecule has 1 aromatic carbocycles. The first-order valence-electron chi connectivity index (χ1n) is 4.30. The summed E-state index contributed by atoms with van der Waals surface area (Å²) in [5.41, 5.74) is 1.83. The molecule has 0 spiro atoms. The average molecular weight is 187 g/mol. The van der Waals surface area contributed by atoms with Gasteiger partial charge in [-0.05, 0) is 17.7 Å². The number of benzene rings is 1. The monoisotopic (exact) mass is 187 g/mol. The molecule has 0 aliphatic heterocycles. The third-order valence-electron chi connectivity index (χ3n) is 2.11. The molecule has 1 N–H and O–H groups in total.